The van der Waals surface area contributed by atoms with Crippen LogP contribution in [0, 0.1) is 18.8 Å². The number of rotatable bonds is 10. The van der Waals surface area contributed by atoms with Gasteiger partial charge in [-0.05, 0) is 67.5 Å². The molecule has 0 atom stereocenters. The van der Waals surface area contributed by atoms with Gasteiger partial charge in [0, 0.05) is 11.8 Å². The SMILES string of the molecule is CCCCC[C@H]1CC[C@H](CCCOc2ccc(-c3ccc(C)cn3)cc2)CC1. The largest absolute Gasteiger partial charge is 0.494 e. The molecule has 1 fully saturated rings. The highest BCUT2D eigenvalue weighted by molar-refractivity contribution is 5.60. The number of ether oxygens (including phenoxy) is 1. The fraction of sp³-hybridized carbons (Fsp3) is 0.577. The second-order valence-corrected chi connectivity index (χ2v) is 8.62. The van der Waals surface area contributed by atoms with E-state index in [-0.39, 0.29) is 0 Å². The molecule has 1 heterocycles. The molecule has 0 radical (unpaired) electrons. The summed E-state index contributed by atoms with van der Waals surface area (Å²) in [5.41, 5.74) is 3.35. The van der Waals surface area contributed by atoms with Crippen molar-refractivity contribution < 1.29 is 4.74 Å². The third-order valence-electron chi connectivity index (χ3n) is 6.27. The Morgan fingerprint density at radius 3 is 2.14 bits per heavy atom. The normalized spacial score (nSPS) is 19.5. The number of benzene rings is 1. The van der Waals surface area contributed by atoms with Gasteiger partial charge in [-0.3, -0.25) is 4.98 Å². The summed E-state index contributed by atoms with van der Waals surface area (Å²) in [5.74, 6) is 2.91. The maximum absolute atomic E-state index is 5.97. The van der Waals surface area contributed by atoms with Gasteiger partial charge in [0.05, 0.1) is 12.3 Å². The minimum absolute atomic E-state index is 0.832. The average Bonchev–Trinajstić information content (AvgIpc) is 2.73. The van der Waals surface area contributed by atoms with Crippen LogP contribution in [0.15, 0.2) is 42.6 Å². The molecule has 1 aliphatic carbocycles. The first-order chi connectivity index (χ1) is 13.7. The zero-order chi connectivity index (χ0) is 19.6. The van der Waals surface area contributed by atoms with E-state index in [1.165, 1.54) is 69.8 Å². The average molecular weight is 380 g/mol. The lowest BCUT2D eigenvalue weighted by Gasteiger charge is -2.28. The highest BCUT2D eigenvalue weighted by atomic mass is 16.5. The van der Waals surface area contributed by atoms with Gasteiger partial charge in [-0.25, -0.2) is 0 Å². The van der Waals surface area contributed by atoms with Crippen LogP contribution >= 0.6 is 0 Å². The minimum atomic E-state index is 0.832. The van der Waals surface area contributed by atoms with Crippen molar-refractivity contribution in [1.82, 2.24) is 4.98 Å². The van der Waals surface area contributed by atoms with Crippen LogP contribution in [0.25, 0.3) is 11.3 Å². The molecule has 28 heavy (non-hydrogen) atoms. The molecule has 152 valence electrons. The Morgan fingerprint density at radius 1 is 0.857 bits per heavy atom. The summed E-state index contributed by atoms with van der Waals surface area (Å²) in [6, 6.07) is 12.5. The first-order valence-electron chi connectivity index (χ1n) is 11.4. The van der Waals surface area contributed by atoms with Crippen molar-refractivity contribution in [2.75, 3.05) is 6.61 Å². The van der Waals surface area contributed by atoms with Crippen molar-refractivity contribution >= 4 is 0 Å². The van der Waals surface area contributed by atoms with Crippen molar-refractivity contribution in [2.24, 2.45) is 11.8 Å². The molecule has 2 nitrogen and oxygen atoms in total. The fourth-order valence-electron chi connectivity index (χ4n) is 4.41. The Morgan fingerprint density at radius 2 is 1.54 bits per heavy atom. The number of aromatic nitrogens is 1. The van der Waals surface area contributed by atoms with Gasteiger partial charge in [0.1, 0.15) is 5.75 Å². The summed E-state index contributed by atoms with van der Waals surface area (Å²) < 4.78 is 5.97. The van der Waals surface area contributed by atoms with Crippen molar-refractivity contribution in [3.8, 4) is 17.0 Å². The Balaban J connectivity index is 1.32. The van der Waals surface area contributed by atoms with Crippen LogP contribution in [-0.2, 0) is 0 Å². The van der Waals surface area contributed by atoms with E-state index < -0.39 is 0 Å². The summed E-state index contributed by atoms with van der Waals surface area (Å²) in [7, 11) is 0. The Labute approximate surface area is 171 Å². The van der Waals surface area contributed by atoms with E-state index in [4.69, 9.17) is 4.74 Å². The molecule has 1 aliphatic rings. The van der Waals surface area contributed by atoms with E-state index in [0.717, 1.165) is 35.4 Å². The molecule has 0 bridgehead atoms. The fourth-order valence-corrected chi connectivity index (χ4v) is 4.41. The summed E-state index contributed by atoms with van der Waals surface area (Å²) in [6.07, 6.45) is 15.9. The maximum atomic E-state index is 5.97. The van der Waals surface area contributed by atoms with E-state index >= 15 is 0 Å². The predicted octanol–water partition coefficient (Wildman–Crippen LogP) is 7.60. The Hall–Kier alpha value is -1.83. The van der Waals surface area contributed by atoms with Crippen LogP contribution in [0.4, 0.5) is 0 Å². The summed E-state index contributed by atoms with van der Waals surface area (Å²) in [4.78, 5) is 4.49. The lowest BCUT2D eigenvalue weighted by atomic mass is 9.78. The van der Waals surface area contributed by atoms with Gasteiger partial charge in [0.25, 0.3) is 0 Å². The molecule has 0 saturated heterocycles. The first-order valence-corrected chi connectivity index (χ1v) is 11.4. The molecule has 0 unspecified atom stereocenters. The number of nitrogens with zero attached hydrogens (tertiary/aromatic N) is 1. The maximum Gasteiger partial charge on any atom is 0.119 e. The molecule has 0 aliphatic heterocycles. The van der Waals surface area contributed by atoms with Gasteiger partial charge in [-0.2, -0.15) is 0 Å². The van der Waals surface area contributed by atoms with Crippen LogP contribution in [0.5, 0.6) is 5.75 Å². The molecule has 1 aromatic carbocycles. The monoisotopic (exact) mass is 379 g/mol. The van der Waals surface area contributed by atoms with Crippen molar-refractivity contribution in [3.63, 3.8) is 0 Å². The molecule has 0 amide bonds. The highest BCUT2D eigenvalue weighted by Gasteiger charge is 2.20. The Bertz CT molecular complexity index is 669. The topological polar surface area (TPSA) is 22.1 Å². The van der Waals surface area contributed by atoms with Crippen LogP contribution in [0.3, 0.4) is 0 Å². The summed E-state index contributed by atoms with van der Waals surface area (Å²) in [6.45, 7) is 5.19. The van der Waals surface area contributed by atoms with Crippen LogP contribution in [0.1, 0.15) is 76.7 Å². The summed E-state index contributed by atoms with van der Waals surface area (Å²) >= 11 is 0. The van der Waals surface area contributed by atoms with Gasteiger partial charge >= 0.3 is 0 Å². The highest BCUT2D eigenvalue weighted by Crippen LogP contribution is 2.34. The predicted molar refractivity (Wildman–Crippen MR) is 119 cm³/mol. The second kappa shape index (κ2) is 11.2. The number of unbranched alkanes of at least 4 members (excludes halogenated alkanes) is 2. The van der Waals surface area contributed by atoms with Crippen LogP contribution < -0.4 is 4.74 Å². The zero-order valence-electron chi connectivity index (χ0n) is 17.8. The molecule has 0 spiro atoms. The van der Waals surface area contributed by atoms with Gasteiger partial charge in [-0.15, -0.1) is 0 Å². The Kier molecular flexibility index (Phi) is 8.39. The molecule has 2 heteroatoms. The standard InChI is InChI=1S/C26H37NO/c1-3-4-5-7-22-10-12-23(13-11-22)8-6-19-28-25-16-14-24(15-17-25)26-18-9-21(2)20-27-26/h9,14-18,20,22-23H,3-8,10-13,19H2,1-2H3/t22-,23-. The van der Waals surface area contributed by atoms with Crippen molar-refractivity contribution in [2.45, 2.75) is 78.1 Å². The van der Waals surface area contributed by atoms with Crippen molar-refractivity contribution in [3.05, 3.63) is 48.2 Å². The number of hydrogen-bond donors (Lipinski definition) is 0. The van der Waals surface area contributed by atoms with E-state index in [0.29, 0.717) is 0 Å². The van der Waals surface area contributed by atoms with Crippen molar-refractivity contribution in [1.29, 1.82) is 0 Å². The molecular weight excluding hydrogens is 342 g/mol. The van der Waals surface area contributed by atoms with E-state index in [1.807, 2.05) is 6.20 Å². The lowest BCUT2D eigenvalue weighted by Crippen LogP contribution is -2.15. The zero-order valence-corrected chi connectivity index (χ0v) is 17.8. The second-order valence-electron chi connectivity index (χ2n) is 8.62. The quantitative estimate of drug-likeness (QED) is 0.396. The smallest absolute Gasteiger partial charge is 0.119 e. The van der Waals surface area contributed by atoms with Gasteiger partial charge < -0.3 is 4.74 Å². The molecular formula is C26H37NO. The first kappa shape index (κ1) is 20.9. The number of hydrogen-bond acceptors (Lipinski definition) is 2. The number of pyridine rings is 1. The van der Waals surface area contributed by atoms with Gasteiger partial charge in [-0.1, -0.05) is 64.4 Å². The molecule has 2 aromatic rings. The van der Waals surface area contributed by atoms with E-state index in [1.54, 1.807) is 0 Å². The molecule has 1 aromatic heterocycles. The number of aryl methyl sites for hydroxylation is 1. The van der Waals surface area contributed by atoms with Gasteiger partial charge in [0.2, 0.25) is 0 Å². The molecule has 0 N–H and O–H groups in total. The summed E-state index contributed by atoms with van der Waals surface area (Å²) in [5, 5.41) is 0. The van der Waals surface area contributed by atoms with Crippen LogP contribution in [-0.4, -0.2) is 11.6 Å². The van der Waals surface area contributed by atoms with E-state index in [2.05, 4.69) is 55.2 Å². The van der Waals surface area contributed by atoms with Crippen LogP contribution in [0.2, 0.25) is 0 Å². The third-order valence-corrected chi connectivity index (χ3v) is 6.27. The lowest BCUT2D eigenvalue weighted by molar-refractivity contribution is 0.228. The van der Waals surface area contributed by atoms with E-state index in [9.17, 15) is 0 Å². The van der Waals surface area contributed by atoms with Gasteiger partial charge in [0.15, 0.2) is 0 Å². The molecule has 1 saturated carbocycles. The molecule has 3 rings (SSSR count). The minimum Gasteiger partial charge on any atom is -0.494 e. The third kappa shape index (κ3) is 6.65.